The Morgan fingerprint density at radius 1 is 1.24 bits per heavy atom. The molecule has 1 N–H and O–H groups in total. The summed E-state index contributed by atoms with van der Waals surface area (Å²) in [5.74, 6) is 0.700. The predicted octanol–water partition coefficient (Wildman–Crippen LogP) is 0.976. The first kappa shape index (κ1) is 15.1. The van der Waals surface area contributed by atoms with Crippen molar-refractivity contribution >= 4 is 15.9 Å². The van der Waals surface area contributed by atoms with Gasteiger partial charge in [-0.3, -0.25) is 5.32 Å². The average molecular weight is 316 g/mol. The summed E-state index contributed by atoms with van der Waals surface area (Å²) in [5, 5.41) is 2.89. The van der Waals surface area contributed by atoms with Gasteiger partial charge in [0.1, 0.15) is 5.60 Å². The fraction of sp³-hybridized carbons (Fsp3) is 0.929. The Balaban J connectivity index is 1.70. The number of hydrogen-bond acceptors (Lipinski definition) is 5. The number of fused-ring (bicyclic) bond motifs is 3. The van der Waals surface area contributed by atoms with Gasteiger partial charge in [-0.2, -0.15) is 0 Å². The second-order valence-electron chi connectivity index (χ2n) is 7.46. The highest BCUT2D eigenvalue weighted by Crippen LogP contribution is 2.41. The number of amides is 1. The third-order valence-corrected chi connectivity index (χ3v) is 6.83. The van der Waals surface area contributed by atoms with E-state index in [1.165, 1.54) is 0 Å². The van der Waals surface area contributed by atoms with Gasteiger partial charge in [0.15, 0.2) is 9.84 Å². The van der Waals surface area contributed by atoms with Crippen molar-refractivity contribution in [1.29, 1.82) is 0 Å². The fourth-order valence-corrected chi connectivity index (χ4v) is 5.80. The monoisotopic (exact) mass is 316 g/mol. The van der Waals surface area contributed by atoms with Crippen molar-refractivity contribution in [3.05, 3.63) is 0 Å². The van der Waals surface area contributed by atoms with Gasteiger partial charge in [0, 0.05) is 19.1 Å². The summed E-state index contributed by atoms with van der Waals surface area (Å²) in [4.78, 5) is 13.9. The number of rotatable bonds is 0. The highest BCUT2D eigenvalue weighted by atomic mass is 32.2. The van der Waals surface area contributed by atoms with E-state index >= 15 is 0 Å². The molecule has 2 saturated heterocycles. The number of hydrogen-bond donors (Lipinski definition) is 1. The van der Waals surface area contributed by atoms with E-state index in [4.69, 9.17) is 4.74 Å². The minimum atomic E-state index is -3.00. The lowest BCUT2D eigenvalue weighted by molar-refractivity contribution is 0.0283. The molecule has 4 atom stereocenters. The van der Waals surface area contributed by atoms with Gasteiger partial charge < -0.3 is 9.64 Å². The number of likely N-dealkylation sites (tertiary alicyclic amines) is 1. The van der Waals surface area contributed by atoms with Crippen molar-refractivity contribution in [1.82, 2.24) is 10.2 Å². The van der Waals surface area contributed by atoms with Crippen LogP contribution in [0.1, 0.15) is 33.6 Å². The number of carbonyl (C=O) groups is 1. The molecule has 7 heteroatoms. The molecule has 2 heterocycles. The Labute approximate surface area is 126 Å². The van der Waals surface area contributed by atoms with E-state index in [2.05, 4.69) is 5.32 Å². The molecule has 1 aliphatic carbocycles. The Kier molecular flexibility index (Phi) is 3.48. The van der Waals surface area contributed by atoms with Gasteiger partial charge in [0.05, 0.1) is 11.1 Å². The summed E-state index contributed by atoms with van der Waals surface area (Å²) in [6, 6.07) is 0.00110. The van der Waals surface area contributed by atoms with Gasteiger partial charge in [-0.15, -0.1) is 0 Å². The van der Waals surface area contributed by atoms with E-state index in [1.54, 1.807) is 4.90 Å². The summed E-state index contributed by atoms with van der Waals surface area (Å²) in [6.07, 6.45) is 1.31. The Hall–Kier alpha value is -0.820. The van der Waals surface area contributed by atoms with Crippen LogP contribution in [0.15, 0.2) is 0 Å². The molecule has 0 spiro atoms. The molecule has 0 bridgehead atoms. The first-order chi connectivity index (χ1) is 9.67. The van der Waals surface area contributed by atoms with Crippen LogP contribution >= 0.6 is 0 Å². The maximum absolute atomic E-state index is 12.2. The number of ether oxygens (including phenoxy) is 1. The third kappa shape index (κ3) is 2.77. The quantitative estimate of drug-likeness (QED) is 0.721. The van der Waals surface area contributed by atoms with Crippen LogP contribution < -0.4 is 5.32 Å². The minimum Gasteiger partial charge on any atom is -0.444 e. The van der Waals surface area contributed by atoms with Crippen LogP contribution in [0.2, 0.25) is 0 Å². The third-order valence-electron chi connectivity index (χ3n) is 4.81. The van der Waals surface area contributed by atoms with E-state index in [-0.39, 0.29) is 29.2 Å². The number of carbonyl (C=O) groups excluding carboxylic acids is 1. The second kappa shape index (κ2) is 4.84. The van der Waals surface area contributed by atoms with Gasteiger partial charge in [0.2, 0.25) is 0 Å². The molecule has 4 unspecified atom stereocenters. The molecule has 3 rings (SSSR count). The van der Waals surface area contributed by atoms with Gasteiger partial charge in [-0.1, -0.05) is 0 Å². The average Bonchev–Trinajstić information content (AvgIpc) is 2.88. The Morgan fingerprint density at radius 2 is 1.95 bits per heavy atom. The van der Waals surface area contributed by atoms with Crippen LogP contribution in [0.5, 0.6) is 0 Å². The van der Waals surface area contributed by atoms with E-state index in [1.807, 2.05) is 20.8 Å². The second-order valence-corrected chi connectivity index (χ2v) is 9.68. The summed E-state index contributed by atoms with van der Waals surface area (Å²) < 4.78 is 29.5. The predicted molar refractivity (Wildman–Crippen MR) is 78.5 cm³/mol. The molecule has 0 radical (unpaired) electrons. The number of nitrogens with zero attached hydrogens (tertiary/aromatic N) is 1. The molecular weight excluding hydrogens is 292 g/mol. The van der Waals surface area contributed by atoms with Crippen molar-refractivity contribution in [2.75, 3.05) is 19.0 Å². The van der Waals surface area contributed by atoms with Gasteiger partial charge in [-0.05, 0) is 45.4 Å². The normalized spacial score (nSPS) is 38.0. The molecule has 1 amide bonds. The Bertz CT molecular complexity index is 540. The zero-order chi connectivity index (χ0) is 15.4. The smallest absolute Gasteiger partial charge is 0.410 e. The Morgan fingerprint density at radius 3 is 2.62 bits per heavy atom. The summed E-state index contributed by atoms with van der Waals surface area (Å²) in [5.41, 5.74) is -0.498. The van der Waals surface area contributed by atoms with Crippen LogP contribution in [-0.2, 0) is 14.6 Å². The highest BCUT2D eigenvalue weighted by Gasteiger charge is 2.52. The van der Waals surface area contributed by atoms with Crippen molar-refractivity contribution in [2.45, 2.75) is 50.5 Å². The molecule has 0 aromatic heterocycles. The van der Waals surface area contributed by atoms with Gasteiger partial charge >= 0.3 is 6.09 Å². The van der Waals surface area contributed by atoms with E-state index in [0.717, 1.165) is 6.42 Å². The van der Waals surface area contributed by atoms with Crippen LogP contribution in [0.3, 0.4) is 0 Å². The van der Waals surface area contributed by atoms with Crippen molar-refractivity contribution in [2.24, 2.45) is 11.8 Å². The van der Waals surface area contributed by atoms with Crippen molar-refractivity contribution < 1.29 is 17.9 Å². The standard InChI is InChI=1S/C14H24N2O4S/c1-14(2,3)20-13(17)16-6-9-4-5-11-12(10(9)7-16)15-8-21(11,18)19/h9-12,15H,4-8H2,1-3H3. The van der Waals surface area contributed by atoms with Crippen LogP contribution in [0, 0.1) is 11.8 Å². The van der Waals surface area contributed by atoms with Gasteiger partial charge in [-0.25, -0.2) is 13.2 Å². The lowest BCUT2D eigenvalue weighted by atomic mass is 9.78. The number of sulfone groups is 1. The molecule has 0 aromatic rings. The fourth-order valence-electron chi connectivity index (χ4n) is 3.92. The van der Waals surface area contributed by atoms with E-state index in [0.29, 0.717) is 25.4 Å². The molecule has 2 aliphatic heterocycles. The molecule has 1 saturated carbocycles. The molecular formula is C14H24N2O4S. The zero-order valence-corrected chi connectivity index (χ0v) is 13.6. The summed E-state index contributed by atoms with van der Waals surface area (Å²) >= 11 is 0. The molecule has 6 nitrogen and oxygen atoms in total. The maximum atomic E-state index is 12.2. The summed E-state index contributed by atoms with van der Waals surface area (Å²) in [7, 11) is -3.00. The van der Waals surface area contributed by atoms with Gasteiger partial charge in [0.25, 0.3) is 0 Å². The molecule has 120 valence electrons. The first-order valence-corrected chi connectivity index (χ1v) is 9.32. The maximum Gasteiger partial charge on any atom is 0.410 e. The first-order valence-electron chi connectivity index (χ1n) is 7.60. The number of nitrogens with one attached hydrogen (secondary N) is 1. The largest absolute Gasteiger partial charge is 0.444 e. The molecule has 0 aromatic carbocycles. The van der Waals surface area contributed by atoms with E-state index < -0.39 is 15.4 Å². The van der Waals surface area contributed by atoms with Crippen LogP contribution in [0.4, 0.5) is 4.79 Å². The van der Waals surface area contributed by atoms with Crippen LogP contribution in [-0.4, -0.2) is 55.3 Å². The minimum absolute atomic E-state index is 0.00110. The highest BCUT2D eigenvalue weighted by molar-refractivity contribution is 7.92. The molecule has 3 aliphatic rings. The zero-order valence-electron chi connectivity index (χ0n) is 12.8. The molecule has 3 fully saturated rings. The van der Waals surface area contributed by atoms with Crippen molar-refractivity contribution in [3.8, 4) is 0 Å². The summed E-state index contributed by atoms with van der Waals surface area (Å²) in [6.45, 7) is 6.85. The SMILES string of the molecule is CC(C)(C)OC(=O)N1CC2CCC3C(NCS3(=O)=O)C2C1. The van der Waals surface area contributed by atoms with E-state index in [9.17, 15) is 13.2 Å². The van der Waals surface area contributed by atoms with Crippen molar-refractivity contribution in [3.63, 3.8) is 0 Å². The topological polar surface area (TPSA) is 75.7 Å². The lowest BCUT2D eigenvalue weighted by Gasteiger charge is -2.33. The lowest BCUT2D eigenvalue weighted by Crippen LogP contribution is -2.46. The molecule has 21 heavy (non-hydrogen) atoms. The van der Waals surface area contributed by atoms with Crippen LogP contribution in [0.25, 0.3) is 0 Å².